The molecule has 2 rings (SSSR count). The predicted molar refractivity (Wildman–Crippen MR) is 98.3 cm³/mol. The number of rotatable bonds is 7. The molecular weight excluding hydrogens is 300 g/mol. The zero-order valence-corrected chi connectivity index (χ0v) is 14.5. The quantitative estimate of drug-likeness (QED) is 0.577. The number of carboxylic acids is 1. The molecule has 0 aliphatic rings. The Kier molecular flexibility index (Phi) is 6.19. The maximum absolute atomic E-state index is 11.7. The van der Waals surface area contributed by atoms with E-state index < -0.39 is 5.97 Å². The van der Waals surface area contributed by atoms with Gasteiger partial charge in [0.2, 0.25) is 0 Å². The van der Waals surface area contributed by atoms with Gasteiger partial charge < -0.3 is 9.84 Å². The first-order chi connectivity index (χ1) is 11.5. The fraction of sp³-hybridized carbons (Fsp3) is 0.286. The van der Waals surface area contributed by atoms with Gasteiger partial charge >= 0.3 is 5.97 Å². The topological polar surface area (TPSA) is 46.5 Å². The minimum atomic E-state index is -0.931. The Morgan fingerprint density at radius 2 is 1.83 bits per heavy atom. The first-order valence-electron chi connectivity index (χ1n) is 8.33. The van der Waals surface area contributed by atoms with Gasteiger partial charge in [-0.1, -0.05) is 44.2 Å². The highest BCUT2D eigenvalue weighted by Crippen LogP contribution is 2.26. The van der Waals surface area contributed by atoms with Crippen LogP contribution in [0, 0.1) is 6.92 Å². The van der Waals surface area contributed by atoms with Crippen molar-refractivity contribution < 1.29 is 14.6 Å². The van der Waals surface area contributed by atoms with Crippen LogP contribution in [0.5, 0.6) is 5.75 Å². The second-order valence-electron chi connectivity index (χ2n) is 5.78. The zero-order chi connectivity index (χ0) is 17.5. The van der Waals surface area contributed by atoms with Crippen LogP contribution in [0.1, 0.15) is 42.5 Å². The normalized spacial score (nSPS) is 11.4. The summed E-state index contributed by atoms with van der Waals surface area (Å²) in [5.41, 5.74) is 4.01. The molecule has 0 saturated carbocycles. The molecule has 0 saturated heterocycles. The van der Waals surface area contributed by atoms with Crippen LogP contribution in [0.4, 0.5) is 0 Å². The van der Waals surface area contributed by atoms with E-state index in [1.54, 1.807) is 6.08 Å². The van der Waals surface area contributed by atoms with Crippen molar-refractivity contribution in [2.75, 3.05) is 6.61 Å². The summed E-state index contributed by atoms with van der Waals surface area (Å²) in [7, 11) is 0. The molecule has 0 atom stereocenters. The Morgan fingerprint density at radius 3 is 2.38 bits per heavy atom. The molecule has 0 aliphatic heterocycles. The van der Waals surface area contributed by atoms with Gasteiger partial charge in [0, 0.05) is 0 Å². The van der Waals surface area contributed by atoms with Crippen molar-refractivity contribution in [3.05, 3.63) is 64.7 Å². The first kappa shape index (κ1) is 17.8. The molecule has 0 heterocycles. The molecule has 126 valence electrons. The van der Waals surface area contributed by atoms with Gasteiger partial charge in [-0.25, -0.2) is 4.79 Å². The van der Waals surface area contributed by atoms with E-state index in [0.717, 1.165) is 29.7 Å². The summed E-state index contributed by atoms with van der Waals surface area (Å²) in [5.74, 6) is -0.157. The van der Waals surface area contributed by atoms with Gasteiger partial charge in [-0.15, -0.1) is 0 Å². The number of carboxylic acid groups (broad SMARTS) is 1. The molecule has 0 radical (unpaired) electrons. The molecule has 0 bridgehead atoms. The van der Waals surface area contributed by atoms with Gasteiger partial charge in [-0.2, -0.15) is 0 Å². The zero-order valence-electron chi connectivity index (χ0n) is 14.5. The van der Waals surface area contributed by atoms with E-state index in [9.17, 15) is 9.90 Å². The molecule has 0 spiro atoms. The lowest BCUT2D eigenvalue weighted by Gasteiger charge is -2.11. The molecule has 1 N–H and O–H groups in total. The van der Waals surface area contributed by atoms with E-state index in [1.807, 2.05) is 49.4 Å². The Morgan fingerprint density at radius 1 is 1.12 bits per heavy atom. The van der Waals surface area contributed by atoms with Crippen LogP contribution in [0.25, 0.3) is 11.6 Å². The number of aliphatic carboxylic acids is 1. The van der Waals surface area contributed by atoms with Crippen LogP contribution in [0.2, 0.25) is 0 Å². The number of benzene rings is 2. The summed E-state index contributed by atoms with van der Waals surface area (Å²) >= 11 is 0. The van der Waals surface area contributed by atoms with Gasteiger partial charge in [0.05, 0.1) is 12.2 Å². The highest BCUT2D eigenvalue weighted by molar-refractivity contribution is 6.21. The molecule has 3 heteroatoms. The summed E-state index contributed by atoms with van der Waals surface area (Å²) in [6, 6.07) is 13.5. The van der Waals surface area contributed by atoms with E-state index in [0.29, 0.717) is 17.7 Å². The summed E-state index contributed by atoms with van der Waals surface area (Å²) in [6.45, 7) is 6.71. The van der Waals surface area contributed by atoms with E-state index in [-0.39, 0.29) is 0 Å². The lowest BCUT2D eigenvalue weighted by molar-refractivity contribution is -0.130. The fourth-order valence-corrected chi connectivity index (χ4v) is 2.52. The highest BCUT2D eigenvalue weighted by Gasteiger charge is 2.13. The van der Waals surface area contributed by atoms with Crippen molar-refractivity contribution in [1.82, 2.24) is 0 Å². The summed E-state index contributed by atoms with van der Waals surface area (Å²) in [4.78, 5) is 11.7. The van der Waals surface area contributed by atoms with Crippen LogP contribution < -0.4 is 4.74 Å². The van der Waals surface area contributed by atoms with Crippen molar-refractivity contribution >= 4 is 17.6 Å². The van der Waals surface area contributed by atoms with Gasteiger partial charge in [0.15, 0.2) is 0 Å². The monoisotopic (exact) mass is 324 g/mol. The van der Waals surface area contributed by atoms with Crippen molar-refractivity contribution in [3.8, 4) is 5.75 Å². The second-order valence-corrected chi connectivity index (χ2v) is 5.78. The van der Waals surface area contributed by atoms with E-state index in [2.05, 4.69) is 13.8 Å². The molecule has 0 amide bonds. The van der Waals surface area contributed by atoms with Gasteiger partial charge in [-0.3, -0.25) is 0 Å². The molecule has 2 aromatic carbocycles. The van der Waals surface area contributed by atoms with Crippen molar-refractivity contribution in [3.63, 3.8) is 0 Å². The third-order valence-corrected chi connectivity index (χ3v) is 3.89. The van der Waals surface area contributed by atoms with Crippen LogP contribution in [0.3, 0.4) is 0 Å². The lowest BCUT2D eigenvalue weighted by Crippen LogP contribution is -2.02. The molecule has 3 nitrogen and oxygen atoms in total. The lowest BCUT2D eigenvalue weighted by atomic mass is 9.97. The maximum atomic E-state index is 11.7. The Hall–Kier alpha value is -2.55. The number of carbonyl (C=O) groups is 1. The number of ether oxygens (including phenoxy) is 1. The summed E-state index contributed by atoms with van der Waals surface area (Å²) in [5, 5.41) is 9.62. The van der Waals surface area contributed by atoms with Crippen molar-refractivity contribution in [2.24, 2.45) is 0 Å². The fourth-order valence-electron chi connectivity index (χ4n) is 2.52. The van der Waals surface area contributed by atoms with Crippen molar-refractivity contribution in [1.29, 1.82) is 0 Å². The predicted octanol–water partition coefficient (Wildman–Crippen LogP) is 4.97. The number of aryl methyl sites for hydroxylation is 2. The minimum Gasteiger partial charge on any atom is -0.494 e. The molecule has 0 fully saturated rings. The first-order valence-corrected chi connectivity index (χ1v) is 8.33. The molecule has 24 heavy (non-hydrogen) atoms. The second kappa shape index (κ2) is 8.34. The highest BCUT2D eigenvalue weighted by atomic mass is 16.5. The smallest absolute Gasteiger partial charge is 0.336 e. The standard InChI is InChI=1S/C21H24O3/c1-4-12-24-18-10-11-19(15(3)13-18)20(21(22)23)14-17-8-6-16(5-2)7-9-17/h6-11,13-14H,4-5,12H2,1-3H3,(H,22,23)/b20-14-. The summed E-state index contributed by atoms with van der Waals surface area (Å²) in [6.07, 6.45) is 3.62. The van der Waals surface area contributed by atoms with Crippen molar-refractivity contribution in [2.45, 2.75) is 33.6 Å². The van der Waals surface area contributed by atoms with Crippen LogP contribution >= 0.6 is 0 Å². The van der Waals surface area contributed by atoms with Gasteiger partial charge in [0.25, 0.3) is 0 Å². The average molecular weight is 324 g/mol. The Labute approximate surface area is 143 Å². The van der Waals surface area contributed by atoms with Crippen LogP contribution in [-0.4, -0.2) is 17.7 Å². The van der Waals surface area contributed by atoms with E-state index in [1.165, 1.54) is 5.56 Å². The van der Waals surface area contributed by atoms with Crippen LogP contribution in [-0.2, 0) is 11.2 Å². The average Bonchev–Trinajstić information content (AvgIpc) is 2.58. The molecule has 2 aromatic rings. The van der Waals surface area contributed by atoms with Gasteiger partial charge in [-0.05, 0) is 60.2 Å². The Balaban J connectivity index is 2.36. The molecular formula is C21H24O3. The van der Waals surface area contributed by atoms with E-state index >= 15 is 0 Å². The number of hydrogen-bond donors (Lipinski definition) is 1. The molecule has 0 unspecified atom stereocenters. The molecule has 0 aliphatic carbocycles. The molecule has 0 aromatic heterocycles. The number of hydrogen-bond acceptors (Lipinski definition) is 2. The minimum absolute atomic E-state index is 0.291. The third kappa shape index (κ3) is 4.48. The Bertz CT molecular complexity index is 727. The summed E-state index contributed by atoms with van der Waals surface area (Å²) < 4.78 is 5.61. The largest absolute Gasteiger partial charge is 0.494 e. The third-order valence-electron chi connectivity index (χ3n) is 3.89. The maximum Gasteiger partial charge on any atom is 0.336 e. The van der Waals surface area contributed by atoms with E-state index in [4.69, 9.17) is 4.74 Å². The SMILES string of the molecule is CCCOc1ccc(/C(=C/c2ccc(CC)cc2)C(=O)O)c(C)c1. The van der Waals surface area contributed by atoms with Gasteiger partial charge in [0.1, 0.15) is 5.75 Å². The van der Waals surface area contributed by atoms with Crippen LogP contribution in [0.15, 0.2) is 42.5 Å².